The lowest BCUT2D eigenvalue weighted by molar-refractivity contribution is 0.0595. The second-order valence-corrected chi connectivity index (χ2v) is 9.95. The maximum atomic E-state index is 13.2. The molecule has 33 heavy (non-hydrogen) atoms. The minimum atomic E-state index is 0.00123. The summed E-state index contributed by atoms with van der Waals surface area (Å²) in [5, 5.41) is 4.17. The summed E-state index contributed by atoms with van der Waals surface area (Å²) in [6.45, 7) is 3.37. The molecule has 1 N–H and O–H groups in total. The number of likely N-dealkylation sites (tertiary alicyclic amines) is 2. The first-order chi connectivity index (χ1) is 16.0. The van der Waals surface area contributed by atoms with E-state index >= 15 is 0 Å². The Morgan fingerprint density at radius 2 is 1.67 bits per heavy atom. The number of thioether (sulfide) groups is 1. The van der Waals surface area contributed by atoms with Crippen LogP contribution in [0, 0.1) is 5.41 Å². The molecule has 0 bridgehead atoms. The second-order valence-electron chi connectivity index (χ2n) is 8.69. The topological polar surface area (TPSA) is 54.0 Å². The molecule has 0 aromatic heterocycles. The third-order valence-electron chi connectivity index (χ3n) is 6.82. The lowest BCUT2D eigenvalue weighted by Gasteiger charge is -2.39. The Hall–Kier alpha value is -2.45. The number of amides is 1. The highest BCUT2D eigenvalue weighted by molar-refractivity contribution is 7.98. The van der Waals surface area contributed by atoms with Crippen LogP contribution in [0.2, 0.25) is 0 Å². The molecule has 2 aliphatic heterocycles. The monoisotopic (exact) mass is 485 g/mol. The van der Waals surface area contributed by atoms with Gasteiger partial charge in [-0.05, 0) is 85.6 Å². The molecule has 0 aliphatic carbocycles. The molecule has 4 rings (SSSR count). The lowest BCUT2D eigenvalue weighted by Crippen LogP contribution is -2.45. The molecule has 0 radical (unpaired) electrons. The fourth-order valence-corrected chi connectivity index (χ4v) is 5.41. The van der Waals surface area contributed by atoms with E-state index in [-0.39, 0.29) is 11.3 Å². The molecule has 2 aliphatic rings. The Bertz CT molecular complexity index is 1000. The van der Waals surface area contributed by atoms with Crippen molar-refractivity contribution in [2.45, 2.75) is 24.2 Å². The number of hydrogen-bond donors (Lipinski definition) is 1. The summed E-state index contributed by atoms with van der Waals surface area (Å²) in [6.07, 6.45) is 5.13. The van der Waals surface area contributed by atoms with E-state index in [1.165, 1.54) is 4.90 Å². The number of ether oxygens (including phenoxy) is 2. The molecule has 0 saturated carbocycles. The molecule has 1 amide bonds. The summed E-state index contributed by atoms with van der Waals surface area (Å²) >= 11 is 7.44. The Labute approximate surface area is 205 Å². The van der Waals surface area contributed by atoms with Gasteiger partial charge in [0.15, 0.2) is 5.11 Å². The van der Waals surface area contributed by atoms with E-state index in [1.807, 2.05) is 11.0 Å². The molecule has 176 valence electrons. The molecule has 2 aromatic rings. The summed E-state index contributed by atoms with van der Waals surface area (Å²) in [4.78, 5) is 18.7. The highest BCUT2D eigenvalue weighted by Gasteiger charge is 2.42. The third kappa shape index (κ3) is 5.22. The average molecular weight is 486 g/mol. The Morgan fingerprint density at radius 1 is 1.00 bits per heavy atom. The van der Waals surface area contributed by atoms with Crippen molar-refractivity contribution in [2.24, 2.45) is 5.41 Å². The van der Waals surface area contributed by atoms with Crippen molar-refractivity contribution < 1.29 is 14.3 Å². The number of hydrogen-bond acceptors (Lipinski definition) is 5. The zero-order valence-corrected chi connectivity index (χ0v) is 21.1. The van der Waals surface area contributed by atoms with Gasteiger partial charge in [0.1, 0.15) is 11.5 Å². The number of carbonyl (C=O) groups excluding carboxylic acids is 1. The Morgan fingerprint density at radius 3 is 2.27 bits per heavy atom. The van der Waals surface area contributed by atoms with Crippen LogP contribution in [0.5, 0.6) is 11.5 Å². The summed E-state index contributed by atoms with van der Waals surface area (Å²) in [5.74, 6) is 1.24. The van der Waals surface area contributed by atoms with Crippen LogP contribution in [-0.2, 0) is 0 Å². The van der Waals surface area contributed by atoms with Gasteiger partial charge >= 0.3 is 0 Å². The molecule has 0 atom stereocenters. The molecule has 8 heteroatoms. The molecule has 2 aromatic carbocycles. The van der Waals surface area contributed by atoms with Crippen molar-refractivity contribution in [3.63, 3.8) is 0 Å². The smallest absolute Gasteiger partial charge is 0.257 e. The number of benzene rings is 2. The van der Waals surface area contributed by atoms with Crippen LogP contribution in [0.3, 0.4) is 0 Å². The van der Waals surface area contributed by atoms with Crippen molar-refractivity contribution in [2.75, 3.05) is 52.0 Å². The first-order valence-corrected chi connectivity index (χ1v) is 12.8. The number of piperidine rings is 1. The van der Waals surface area contributed by atoms with Gasteiger partial charge in [-0.15, -0.1) is 11.8 Å². The van der Waals surface area contributed by atoms with E-state index < -0.39 is 0 Å². The Balaban J connectivity index is 1.35. The van der Waals surface area contributed by atoms with Gasteiger partial charge < -0.3 is 24.6 Å². The predicted molar refractivity (Wildman–Crippen MR) is 138 cm³/mol. The van der Waals surface area contributed by atoms with E-state index in [9.17, 15) is 4.79 Å². The zero-order valence-electron chi connectivity index (χ0n) is 19.4. The van der Waals surface area contributed by atoms with Gasteiger partial charge in [-0.3, -0.25) is 4.79 Å². The van der Waals surface area contributed by atoms with E-state index in [0.29, 0.717) is 17.1 Å². The van der Waals surface area contributed by atoms with Gasteiger partial charge in [-0.2, -0.15) is 0 Å². The summed E-state index contributed by atoms with van der Waals surface area (Å²) in [5.41, 5.74) is 1.79. The number of carbonyl (C=O) groups is 1. The van der Waals surface area contributed by atoms with Gasteiger partial charge in [0.05, 0.1) is 19.8 Å². The average Bonchev–Trinajstić information content (AvgIpc) is 3.27. The molecular weight excluding hydrogens is 454 g/mol. The fourth-order valence-electron chi connectivity index (χ4n) is 4.73. The maximum Gasteiger partial charge on any atom is 0.257 e. The van der Waals surface area contributed by atoms with E-state index in [0.717, 1.165) is 56.2 Å². The number of nitrogens with zero attached hydrogens (tertiary/aromatic N) is 2. The SMILES string of the molecule is COc1ccc(OC)c(C(=O)N2CCC3(CC2)CCN(C(=S)Nc2ccc(SC)cc2)C3)c1. The van der Waals surface area contributed by atoms with Gasteiger partial charge in [-0.25, -0.2) is 0 Å². The van der Waals surface area contributed by atoms with Crippen LogP contribution < -0.4 is 14.8 Å². The minimum absolute atomic E-state index is 0.00123. The number of rotatable bonds is 5. The van der Waals surface area contributed by atoms with Crippen molar-refractivity contribution in [1.82, 2.24) is 9.80 Å². The molecular formula is C25H31N3O3S2. The van der Waals surface area contributed by atoms with Crippen LogP contribution in [0.4, 0.5) is 5.69 Å². The quantitative estimate of drug-likeness (QED) is 0.484. The first kappa shape index (κ1) is 23.7. The molecule has 1 spiro atoms. The van der Waals surface area contributed by atoms with Crippen LogP contribution in [0.15, 0.2) is 47.4 Å². The maximum absolute atomic E-state index is 13.2. The second kappa shape index (κ2) is 10.2. The van der Waals surface area contributed by atoms with Gasteiger partial charge in [0, 0.05) is 36.8 Å². The Kier molecular flexibility index (Phi) is 7.34. The predicted octanol–water partition coefficient (Wildman–Crippen LogP) is 4.75. The van der Waals surface area contributed by atoms with E-state index in [4.69, 9.17) is 21.7 Å². The number of thiocarbonyl (C=S) groups is 1. The minimum Gasteiger partial charge on any atom is -0.497 e. The van der Waals surface area contributed by atoms with Crippen LogP contribution in [0.25, 0.3) is 0 Å². The van der Waals surface area contributed by atoms with Crippen molar-refractivity contribution in [1.29, 1.82) is 0 Å². The van der Waals surface area contributed by atoms with Crippen molar-refractivity contribution in [3.8, 4) is 11.5 Å². The van der Waals surface area contributed by atoms with Crippen molar-refractivity contribution >= 4 is 40.7 Å². The molecule has 2 saturated heterocycles. The molecule has 2 fully saturated rings. The van der Waals surface area contributed by atoms with E-state index in [2.05, 4.69) is 40.7 Å². The number of anilines is 1. The highest BCUT2D eigenvalue weighted by atomic mass is 32.2. The third-order valence-corrected chi connectivity index (χ3v) is 7.92. The number of nitrogens with one attached hydrogen (secondary N) is 1. The standard InChI is InChI=1S/C25H31N3O3S2/c1-30-19-6-9-22(31-2)21(16-19)23(29)27-13-10-25(11-14-27)12-15-28(17-25)24(32)26-18-4-7-20(33-3)8-5-18/h4-9,16H,10-15,17H2,1-3H3,(H,26,32). The van der Waals surface area contributed by atoms with Crippen molar-refractivity contribution in [3.05, 3.63) is 48.0 Å². The van der Waals surface area contributed by atoms with Gasteiger partial charge in [0.2, 0.25) is 0 Å². The summed E-state index contributed by atoms with van der Waals surface area (Å²) in [7, 11) is 3.19. The zero-order chi connectivity index (χ0) is 23.4. The van der Waals surface area contributed by atoms with E-state index in [1.54, 1.807) is 38.1 Å². The van der Waals surface area contributed by atoms with Gasteiger partial charge in [-0.1, -0.05) is 0 Å². The van der Waals surface area contributed by atoms with Crippen LogP contribution in [0.1, 0.15) is 29.6 Å². The van der Waals surface area contributed by atoms with Crippen LogP contribution >= 0.6 is 24.0 Å². The fraction of sp³-hybridized carbons (Fsp3) is 0.440. The molecule has 6 nitrogen and oxygen atoms in total. The first-order valence-electron chi connectivity index (χ1n) is 11.2. The highest BCUT2D eigenvalue weighted by Crippen LogP contribution is 2.41. The summed E-state index contributed by atoms with van der Waals surface area (Å²) in [6, 6.07) is 13.7. The summed E-state index contributed by atoms with van der Waals surface area (Å²) < 4.78 is 10.7. The largest absolute Gasteiger partial charge is 0.497 e. The number of methoxy groups -OCH3 is 2. The van der Waals surface area contributed by atoms with Gasteiger partial charge in [0.25, 0.3) is 5.91 Å². The lowest BCUT2D eigenvalue weighted by atomic mass is 9.77. The normalized spacial score (nSPS) is 17.2. The molecule has 2 heterocycles. The molecule has 0 unspecified atom stereocenters. The van der Waals surface area contributed by atoms with Crippen LogP contribution in [-0.4, -0.2) is 67.5 Å².